The first kappa shape index (κ1) is 18.3. The monoisotopic (exact) mass is 388 g/mol. The number of aromatic carboxylic acids is 1. The van der Waals surface area contributed by atoms with Crippen molar-refractivity contribution in [2.45, 2.75) is 0 Å². The molecule has 2 heterocycles. The number of thioether (sulfide) groups is 1. The van der Waals surface area contributed by atoms with Gasteiger partial charge in [0.2, 0.25) is 5.91 Å². The van der Waals surface area contributed by atoms with Crippen molar-refractivity contribution in [3.8, 4) is 5.75 Å². The van der Waals surface area contributed by atoms with Gasteiger partial charge in [-0.15, -0.1) is 0 Å². The molecule has 0 unspecified atom stereocenters. The van der Waals surface area contributed by atoms with E-state index in [9.17, 15) is 24.3 Å². The van der Waals surface area contributed by atoms with E-state index in [1.54, 1.807) is 12.1 Å². The first-order chi connectivity index (χ1) is 12.8. The van der Waals surface area contributed by atoms with E-state index in [4.69, 9.17) is 9.52 Å². The fourth-order valence-corrected chi connectivity index (χ4v) is 3.09. The molecule has 1 aromatic heterocycles. The Bertz CT molecular complexity index is 966. The molecule has 2 aromatic rings. The lowest BCUT2D eigenvalue weighted by Gasteiger charge is -2.12. The summed E-state index contributed by atoms with van der Waals surface area (Å²) in [5.41, 5.74) is -0.192. The van der Waals surface area contributed by atoms with Gasteiger partial charge < -0.3 is 19.9 Å². The van der Waals surface area contributed by atoms with Crippen molar-refractivity contribution in [2.24, 2.45) is 0 Å². The zero-order valence-corrected chi connectivity index (χ0v) is 14.4. The van der Waals surface area contributed by atoms with Crippen molar-refractivity contribution in [3.05, 3.63) is 52.8 Å². The molecule has 138 valence electrons. The van der Waals surface area contributed by atoms with E-state index in [2.05, 4.69) is 5.32 Å². The van der Waals surface area contributed by atoms with Gasteiger partial charge in [-0.05, 0) is 36.0 Å². The minimum atomic E-state index is -1.31. The van der Waals surface area contributed by atoms with Crippen LogP contribution < -0.4 is 5.32 Å². The SMILES string of the molecule is O=C(CN1C(=O)S/C(=C/c2ccco2)C1=O)Nc1ccc(C(=O)O)c(O)c1. The molecule has 9 nitrogen and oxygen atoms in total. The molecule has 3 amide bonds. The largest absolute Gasteiger partial charge is 0.507 e. The zero-order chi connectivity index (χ0) is 19.6. The maximum Gasteiger partial charge on any atom is 0.339 e. The molecule has 1 aromatic carbocycles. The summed E-state index contributed by atoms with van der Waals surface area (Å²) in [5, 5.41) is 20.3. The van der Waals surface area contributed by atoms with Gasteiger partial charge >= 0.3 is 5.97 Å². The Labute approximate surface area is 156 Å². The lowest BCUT2D eigenvalue weighted by Crippen LogP contribution is -2.36. The summed E-state index contributed by atoms with van der Waals surface area (Å²) in [6.45, 7) is -0.526. The van der Waals surface area contributed by atoms with Crippen LogP contribution in [0.4, 0.5) is 10.5 Å². The highest BCUT2D eigenvalue weighted by atomic mass is 32.2. The number of phenols is 1. The predicted molar refractivity (Wildman–Crippen MR) is 95.1 cm³/mol. The number of carbonyl (C=O) groups excluding carboxylic acids is 3. The van der Waals surface area contributed by atoms with Crippen LogP contribution >= 0.6 is 11.8 Å². The van der Waals surface area contributed by atoms with Crippen molar-refractivity contribution < 1.29 is 33.8 Å². The van der Waals surface area contributed by atoms with Crippen molar-refractivity contribution >= 4 is 46.5 Å². The number of nitrogens with zero attached hydrogens (tertiary/aromatic N) is 1. The molecule has 1 saturated heterocycles. The number of hydrogen-bond donors (Lipinski definition) is 3. The Balaban J connectivity index is 1.67. The number of amides is 3. The van der Waals surface area contributed by atoms with Gasteiger partial charge in [0, 0.05) is 17.8 Å². The van der Waals surface area contributed by atoms with E-state index < -0.39 is 35.3 Å². The highest BCUT2D eigenvalue weighted by Gasteiger charge is 2.36. The molecular formula is C17H12N2O7S. The minimum absolute atomic E-state index is 0.126. The number of anilines is 1. The van der Waals surface area contributed by atoms with Gasteiger partial charge in [-0.2, -0.15) is 0 Å². The molecule has 3 N–H and O–H groups in total. The number of carboxylic acids is 1. The Morgan fingerprint density at radius 1 is 1.26 bits per heavy atom. The highest BCUT2D eigenvalue weighted by molar-refractivity contribution is 8.18. The van der Waals surface area contributed by atoms with Crippen molar-refractivity contribution in [3.63, 3.8) is 0 Å². The Morgan fingerprint density at radius 2 is 2.04 bits per heavy atom. The molecule has 0 bridgehead atoms. The lowest BCUT2D eigenvalue weighted by molar-refractivity contribution is -0.127. The number of imide groups is 1. The Kier molecular flexibility index (Phi) is 4.99. The van der Waals surface area contributed by atoms with Gasteiger partial charge in [0.15, 0.2) is 0 Å². The number of benzene rings is 1. The first-order valence-electron chi connectivity index (χ1n) is 7.50. The van der Waals surface area contributed by atoms with E-state index in [0.29, 0.717) is 17.5 Å². The van der Waals surface area contributed by atoms with E-state index in [-0.39, 0.29) is 16.2 Å². The maximum atomic E-state index is 12.3. The van der Waals surface area contributed by atoms with Gasteiger partial charge in [-0.1, -0.05) is 0 Å². The van der Waals surface area contributed by atoms with Crippen LogP contribution in [-0.2, 0) is 9.59 Å². The third kappa shape index (κ3) is 4.01. The molecule has 10 heteroatoms. The third-order valence-electron chi connectivity index (χ3n) is 3.50. The van der Waals surface area contributed by atoms with Gasteiger partial charge in [0.1, 0.15) is 23.6 Å². The van der Waals surface area contributed by atoms with Gasteiger partial charge in [0.25, 0.3) is 11.1 Å². The average Bonchev–Trinajstić information content (AvgIpc) is 3.19. The fraction of sp³-hybridized carbons (Fsp3) is 0.0588. The molecule has 0 atom stereocenters. The molecule has 0 aliphatic carbocycles. The van der Waals surface area contributed by atoms with Crippen LogP contribution in [-0.4, -0.2) is 44.7 Å². The van der Waals surface area contributed by atoms with Gasteiger partial charge in [-0.3, -0.25) is 19.3 Å². The second-order valence-corrected chi connectivity index (χ2v) is 6.36. The molecule has 0 saturated carbocycles. The highest BCUT2D eigenvalue weighted by Crippen LogP contribution is 2.32. The van der Waals surface area contributed by atoms with Crippen molar-refractivity contribution in [1.82, 2.24) is 4.90 Å². The van der Waals surface area contributed by atoms with Crippen molar-refractivity contribution in [2.75, 3.05) is 11.9 Å². The summed E-state index contributed by atoms with van der Waals surface area (Å²) in [5.74, 6) is -2.74. The number of carboxylic acid groups (broad SMARTS) is 1. The van der Waals surface area contributed by atoms with Crippen LogP contribution in [0, 0.1) is 0 Å². The van der Waals surface area contributed by atoms with Crippen LogP contribution in [0.25, 0.3) is 6.08 Å². The van der Waals surface area contributed by atoms with E-state index in [1.807, 2.05) is 0 Å². The van der Waals surface area contributed by atoms with Crippen molar-refractivity contribution in [1.29, 1.82) is 0 Å². The number of rotatable bonds is 5. The van der Waals surface area contributed by atoms with Crippen LogP contribution in [0.15, 0.2) is 45.9 Å². The lowest BCUT2D eigenvalue weighted by atomic mass is 10.2. The molecule has 3 rings (SSSR count). The molecular weight excluding hydrogens is 376 g/mol. The molecule has 1 aliphatic heterocycles. The van der Waals surface area contributed by atoms with Crippen LogP contribution in [0.5, 0.6) is 5.75 Å². The summed E-state index contributed by atoms with van der Waals surface area (Å²) in [7, 11) is 0. The summed E-state index contributed by atoms with van der Waals surface area (Å²) >= 11 is 0.689. The standard InChI is InChI=1S/C17H12N2O7S/c20-12-6-9(3-4-11(12)16(23)24)18-14(21)8-19-15(22)13(27-17(19)25)7-10-2-1-5-26-10/h1-7,20H,8H2,(H,18,21)(H,23,24)/b13-7+. The second-order valence-electron chi connectivity index (χ2n) is 5.37. The number of carbonyl (C=O) groups is 4. The third-order valence-corrected chi connectivity index (χ3v) is 4.41. The van der Waals surface area contributed by atoms with E-state index in [1.165, 1.54) is 18.4 Å². The van der Waals surface area contributed by atoms with E-state index >= 15 is 0 Å². The fourth-order valence-electron chi connectivity index (χ4n) is 2.27. The molecule has 1 fully saturated rings. The molecule has 27 heavy (non-hydrogen) atoms. The van der Waals surface area contributed by atoms with Crippen LogP contribution in [0.3, 0.4) is 0 Å². The summed E-state index contributed by atoms with van der Waals surface area (Å²) in [6.07, 6.45) is 2.83. The molecule has 0 spiro atoms. The van der Waals surface area contributed by atoms with Crippen LogP contribution in [0.2, 0.25) is 0 Å². The average molecular weight is 388 g/mol. The number of furan rings is 1. The van der Waals surface area contributed by atoms with E-state index in [0.717, 1.165) is 17.0 Å². The van der Waals surface area contributed by atoms with Gasteiger partial charge in [-0.25, -0.2) is 4.79 Å². The molecule has 1 aliphatic rings. The number of aromatic hydroxyl groups is 1. The normalized spacial score (nSPS) is 15.4. The summed E-state index contributed by atoms with van der Waals surface area (Å²) < 4.78 is 5.10. The topological polar surface area (TPSA) is 137 Å². The Morgan fingerprint density at radius 3 is 2.67 bits per heavy atom. The number of hydrogen-bond acceptors (Lipinski definition) is 7. The van der Waals surface area contributed by atoms with Crippen LogP contribution in [0.1, 0.15) is 16.1 Å². The summed E-state index contributed by atoms with van der Waals surface area (Å²) in [6, 6.07) is 6.72. The predicted octanol–water partition coefficient (Wildman–Crippen LogP) is 2.36. The van der Waals surface area contributed by atoms with Gasteiger partial charge in [0.05, 0.1) is 11.2 Å². The zero-order valence-electron chi connectivity index (χ0n) is 13.5. The smallest absolute Gasteiger partial charge is 0.339 e. The second kappa shape index (κ2) is 7.38. The minimum Gasteiger partial charge on any atom is -0.507 e. The Hall–Kier alpha value is -3.53. The quantitative estimate of drug-likeness (QED) is 0.664. The maximum absolute atomic E-state index is 12.3. The summed E-state index contributed by atoms with van der Waals surface area (Å²) in [4.78, 5) is 48.2. The number of nitrogens with one attached hydrogen (secondary N) is 1. The first-order valence-corrected chi connectivity index (χ1v) is 8.32. The molecule has 0 radical (unpaired) electrons.